The summed E-state index contributed by atoms with van der Waals surface area (Å²) in [6.45, 7) is 11.2. The Labute approximate surface area is 158 Å². The Morgan fingerprint density at radius 3 is 2.23 bits per heavy atom. The van der Waals surface area contributed by atoms with Crippen molar-refractivity contribution in [2.75, 3.05) is 57.0 Å². The zero-order chi connectivity index (χ0) is 19.7. The SMILES string of the molecule is CCN(CC)c1ccc(NC(=O)CN(CCCN(C)C)C(C)=O)c(C)c1. The number of hydrogen-bond acceptors (Lipinski definition) is 4. The van der Waals surface area contributed by atoms with Crippen molar-refractivity contribution in [3.8, 4) is 0 Å². The van der Waals surface area contributed by atoms with E-state index in [4.69, 9.17) is 0 Å². The lowest BCUT2D eigenvalue weighted by Gasteiger charge is -2.23. The molecular formula is C20H34N4O2. The van der Waals surface area contributed by atoms with E-state index in [9.17, 15) is 9.59 Å². The summed E-state index contributed by atoms with van der Waals surface area (Å²) in [6.07, 6.45) is 0.845. The lowest BCUT2D eigenvalue weighted by atomic mass is 10.1. The highest BCUT2D eigenvalue weighted by molar-refractivity contribution is 5.95. The topological polar surface area (TPSA) is 55.9 Å². The van der Waals surface area contributed by atoms with E-state index in [0.717, 1.165) is 43.0 Å². The van der Waals surface area contributed by atoms with Crippen LogP contribution in [-0.2, 0) is 9.59 Å². The van der Waals surface area contributed by atoms with Gasteiger partial charge in [0.05, 0.1) is 6.54 Å². The molecule has 0 saturated heterocycles. The fourth-order valence-electron chi connectivity index (χ4n) is 2.86. The number of aryl methyl sites for hydroxylation is 1. The minimum Gasteiger partial charge on any atom is -0.372 e. The van der Waals surface area contributed by atoms with Gasteiger partial charge in [0.2, 0.25) is 11.8 Å². The molecule has 0 aliphatic rings. The summed E-state index contributed by atoms with van der Waals surface area (Å²) in [5.74, 6) is -0.240. The van der Waals surface area contributed by atoms with Crippen LogP contribution in [0.15, 0.2) is 18.2 Å². The van der Waals surface area contributed by atoms with Crippen LogP contribution in [0, 0.1) is 6.92 Å². The fourth-order valence-corrected chi connectivity index (χ4v) is 2.86. The van der Waals surface area contributed by atoms with E-state index < -0.39 is 0 Å². The van der Waals surface area contributed by atoms with E-state index in [1.165, 1.54) is 6.92 Å². The molecule has 0 aliphatic heterocycles. The van der Waals surface area contributed by atoms with Crippen molar-refractivity contribution in [1.82, 2.24) is 9.80 Å². The fraction of sp³-hybridized carbons (Fsp3) is 0.600. The molecule has 6 nitrogen and oxygen atoms in total. The molecule has 0 aromatic heterocycles. The van der Waals surface area contributed by atoms with E-state index in [1.54, 1.807) is 4.90 Å². The molecule has 0 bridgehead atoms. The molecule has 146 valence electrons. The van der Waals surface area contributed by atoms with Crippen molar-refractivity contribution in [2.24, 2.45) is 0 Å². The average molecular weight is 363 g/mol. The van der Waals surface area contributed by atoms with Crippen molar-refractivity contribution in [1.29, 1.82) is 0 Å². The molecule has 26 heavy (non-hydrogen) atoms. The third kappa shape index (κ3) is 7.04. The number of carbonyl (C=O) groups is 2. The first-order valence-electron chi connectivity index (χ1n) is 9.34. The highest BCUT2D eigenvalue weighted by Gasteiger charge is 2.14. The minimum atomic E-state index is -0.163. The van der Waals surface area contributed by atoms with E-state index in [0.29, 0.717) is 6.54 Å². The quantitative estimate of drug-likeness (QED) is 0.695. The molecule has 0 heterocycles. The molecule has 0 fully saturated rings. The Morgan fingerprint density at radius 2 is 1.73 bits per heavy atom. The first-order valence-corrected chi connectivity index (χ1v) is 9.34. The monoisotopic (exact) mass is 362 g/mol. The smallest absolute Gasteiger partial charge is 0.244 e. The predicted molar refractivity (Wildman–Crippen MR) is 109 cm³/mol. The summed E-state index contributed by atoms with van der Waals surface area (Å²) in [7, 11) is 3.99. The largest absolute Gasteiger partial charge is 0.372 e. The number of nitrogens with zero attached hydrogens (tertiary/aromatic N) is 3. The number of nitrogens with one attached hydrogen (secondary N) is 1. The van der Waals surface area contributed by atoms with Crippen molar-refractivity contribution < 1.29 is 9.59 Å². The van der Waals surface area contributed by atoms with E-state index >= 15 is 0 Å². The lowest BCUT2D eigenvalue weighted by molar-refractivity contribution is -0.132. The number of carbonyl (C=O) groups excluding carboxylic acids is 2. The number of amides is 2. The van der Waals surface area contributed by atoms with Gasteiger partial charge in [0.15, 0.2) is 0 Å². The second-order valence-corrected chi connectivity index (χ2v) is 6.82. The molecule has 0 radical (unpaired) electrons. The number of benzene rings is 1. The van der Waals surface area contributed by atoms with Crippen molar-refractivity contribution >= 4 is 23.2 Å². The maximum atomic E-state index is 12.4. The van der Waals surface area contributed by atoms with E-state index in [2.05, 4.69) is 35.0 Å². The number of anilines is 2. The average Bonchev–Trinajstić information content (AvgIpc) is 2.57. The summed E-state index contributed by atoms with van der Waals surface area (Å²) in [5.41, 5.74) is 2.96. The van der Waals surface area contributed by atoms with Crippen LogP contribution in [0.5, 0.6) is 0 Å². The van der Waals surface area contributed by atoms with Crippen molar-refractivity contribution in [3.05, 3.63) is 23.8 Å². The number of hydrogen-bond donors (Lipinski definition) is 1. The Balaban J connectivity index is 2.69. The normalized spacial score (nSPS) is 10.7. The highest BCUT2D eigenvalue weighted by Crippen LogP contribution is 2.22. The molecule has 2 amide bonds. The van der Waals surface area contributed by atoms with Crippen LogP contribution < -0.4 is 10.2 Å². The van der Waals surface area contributed by atoms with E-state index in [-0.39, 0.29) is 18.4 Å². The zero-order valence-corrected chi connectivity index (χ0v) is 17.1. The van der Waals surface area contributed by atoms with Crippen LogP contribution >= 0.6 is 0 Å². The molecule has 0 saturated carbocycles. The van der Waals surface area contributed by atoms with Gasteiger partial charge in [-0.25, -0.2) is 0 Å². The second-order valence-electron chi connectivity index (χ2n) is 6.82. The van der Waals surface area contributed by atoms with Gasteiger partial charge in [-0.15, -0.1) is 0 Å². The molecule has 0 spiro atoms. The third-order valence-electron chi connectivity index (χ3n) is 4.43. The Bertz CT molecular complexity index is 597. The summed E-state index contributed by atoms with van der Waals surface area (Å²) < 4.78 is 0. The molecule has 1 rings (SSSR count). The van der Waals surface area contributed by atoms with Crippen LogP contribution in [0.1, 0.15) is 32.8 Å². The van der Waals surface area contributed by atoms with Gasteiger partial charge in [-0.3, -0.25) is 9.59 Å². The first kappa shape index (κ1) is 22.0. The van der Waals surface area contributed by atoms with Gasteiger partial charge in [0, 0.05) is 37.9 Å². The highest BCUT2D eigenvalue weighted by atomic mass is 16.2. The predicted octanol–water partition coefficient (Wildman–Crippen LogP) is 2.58. The zero-order valence-electron chi connectivity index (χ0n) is 17.1. The van der Waals surface area contributed by atoms with Gasteiger partial charge in [0.25, 0.3) is 0 Å². The third-order valence-corrected chi connectivity index (χ3v) is 4.43. The minimum absolute atomic E-state index is 0.0764. The molecular weight excluding hydrogens is 328 g/mol. The summed E-state index contributed by atoms with van der Waals surface area (Å²) in [6, 6.07) is 6.04. The standard InChI is InChI=1S/C20H34N4O2/c1-7-23(8-2)18-10-11-19(16(3)14-18)21-20(26)15-24(17(4)25)13-9-12-22(5)6/h10-11,14H,7-9,12-13,15H2,1-6H3,(H,21,26). The molecule has 1 aromatic rings. The van der Waals surface area contributed by atoms with E-state index in [1.807, 2.05) is 33.2 Å². The lowest BCUT2D eigenvalue weighted by Crippen LogP contribution is -2.38. The van der Waals surface area contributed by atoms with Gasteiger partial charge in [-0.05, 0) is 71.6 Å². The Morgan fingerprint density at radius 1 is 1.08 bits per heavy atom. The first-order chi connectivity index (χ1) is 12.3. The molecule has 0 unspecified atom stereocenters. The molecule has 0 atom stereocenters. The van der Waals surface area contributed by atoms with Crippen LogP contribution in [-0.4, -0.2) is 68.4 Å². The summed E-state index contributed by atoms with van der Waals surface area (Å²) in [5, 5.41) is 2.94. The number of rotatable bonds is 10. The van der Waals surface area contributed by atoms with Gasteiger partial charge >= 0.3 is 0 Å². The van der Waals surface area contributed by atoms with Crippen LogP contribution in [0.2, 0.25) is 0 Å². The van der Waals surface area contributed by atoms with Crippen molar-refractivity contribution in [3.63, 3.8) is 0 Å². The van der Waals surface area contributed by atoms with Crippen LogP contribution in [0.4, 0.5) is 11.4 Å². The van der Waals surface area contributed by atoms with Crippen LogP contribution in [0.25, 0.3) is 0 Å². The molecule has 1 N–H and O–H groups in total. The van der Waals surface area contributed by atoms with Gasteiger partial charge < -0.3 is 20.0 Å². The summed E-state index contributed by atoms with van der Waals surface area (Å²) in [4.78, 5) is 30.1. The molecule has 6 heteroatoms. The Kier molecular flexibility index (Phi) is 9.13. The molecule has 0 aliphatic carbocycles. The van der Waals surface area contributed by atoms with Gasteiger partial charge in [-0.1, -0.05) is 0 Å². The second kappa shape index (κ2) is 10.8. The van der Waals surface area contributed by atoms with Gasteiger partial charge in [0.1, 0.15) is 0 Å². The molecule has 1 aromatic carbocycles. The van der Waals surface area contributed by atoms with Crippen LogP contribution in [0.3, 0.4) is 0 Å². The summed E-state index contributed by atoms with van der Waals surface area (Å²) >= 11 is 0. The van der Waals surface area contributed by atoms with Gasteiger partial charge in [-0.2, -0.15) is 0 Å². The van der Waals surface area contributed by atoms with Crippen molar-refractivity contribution in [2.45, 2.75) is 34.1 Å². The maximum Gasteiger partial charge on any atom is 0.244 e. The Hall–Kier alpha value is -2.08. The maximum absolute atomic E-state index is 12.4.